The molecule has 0 bridgehead atoms. The maximum Gasteiger partial charge on any atom is 0.139 e. The molecule has 2 saturated heterocycles. The minimum atomic E-state index is 0.412. The molecule has 2 aromatic carbocycles. The standard InChI is InChI=1S/C31H31Cl2N5O3S/c1-39-28-15-27(24(32)14-25(28)33)36-31-22(16-34)17-35-26-12-20(2-3-23(26)31)29-13-21(18-37-4-8-40-9-5-37)30(42-29)19-38-6-10-41-11-7-38/h2-3,12-15,17H,4-11,18-19H2,1H3,(H,35,36). The molecule has 2 aromatic heterocycles. The maximum atomic E-state index is 9.87. The first-order valence-electron chi connectivity index (χ1n) is 13.9. The Morgan fingerprint density at radius 2 is 1.69 bits per heavy atom. The molecule has 218 valence electrons. The predicted molar refractivity (Wildman–Crippen MR) is 168 cm³/mol. The number of aromatic nitrogens is 1. The van der Waals surface area contributed by atoms with Crippen molar-refractivity contribution in [1.29, 1.82) is 5.26 Å². The first-order chi connectivity index (χ1) is 20.5. The predicted octanol–water partition coefficient (Wildman–Crippen LogP) is 6.56. The number of thiophene rings is 1. The van der Waals surface area contributed by atoms with Crippen molar-refractivity contribution >= 4 is 56.8 Å². The van der Waals surface area contributed by atoms with Gasteiger partial charge >= 0.3 is 0 Å². The van der Waals surface area contributed by atoms with Gasteiger partial charge in [0.2, 0.25) is 0 Å². The minimum absolute atomic E-state index is 0.412. The van der Waals surface area contributed by atoms with Crippen molar-refractivity contribution in [2.75, 3.05) is 65.0 Å². The number of ether oxygens (including phenoxy) is 3. The number of hydrogen-bond donors (Lipinski definition) is 1. The zero-order chi connectivity index (χ0) is 29.1. The summed E-state index contributed by atoms with van der Waals surface area (Å²) in [7, 11) is 1.55. The molecule has 6 rings (SSSR count). The summed E-state index contributed by atoms with van der Waals surface area (Å²) >= 11 is 14.6. The largest absolute Gasteiger partial charge is 0.495 e. The van der Waals surface area contributed by atoms with E-state index in [1.54, 1.807) is 25.4 Å². The number of nitrogens with one attached hydrogen (secondary N) is 1. The summed E-state index contributed by atoms with van der Waals surface area (Å²) in [5, 5.41) is 14.9. The Morgan fingerprint density at radius 3 is 2.38 bits per heavy atom. The molecular weight excluding hydrogens is 593 g/mol. The third-order valence-corrected chi connectivity index (χ3v) is 9.46. The second-order valence-corrected chi connectivity index (χ2v) is 12.3. The minimum Gasteiger partial charge on any atom is -0.495 e. The summed E-state index contributed by atoms with van der Waals surface area (Å²) < 4.78 is 16.5. The number of pyridine rings is 1. The Morgan fingerprint density at radius 1 is 0.976 bits per heavy atom. The highest BCUT2D eigenvalue weighted by atomic mass is 35.5. The van der Waals surface area contributed by atoms with Crippen molar-refractivity contribution < 1.29 is 14.2 Å². The molecule has 0 amide bonds. The fourth-order valence-electron chi connectivity index (χ4n) is 5.32. The van der Waals surface area contributed by atoms with Gasteiger partial charge < -0.3 is 19.5 Å². The molecule has 11 heteroatoms. The fraction of sp³-hybridized carbons (Fsp3) is 0.355. The Labute approximate surface area is 259 Å². The highest BCUT2D eigenvalue weighted by Crippen LogP contribution is 2.39. The Kier molecular flexibility index (Phi) is 9.12. The first-order valence-corrected chi connectivity index (χ1v) is 15.4. The molecule has 4 aromatic rings. The maximum absolute atomic E-state index is 9.87. The lowest BCUT2D eigenvalue weighted by molar-refractivity contribution is 0.0313. The van der Waals surface area contributed by atoms with E-state index in [-0.39, 0.29) is 0 Å². The number of halogens is 2. The molecular formula is C31H31Cl2N5O3S. The summed E-state index contributed by atoms with van der Waals surface area (Å²) in [6.07, 6.45) is 1.59. The van der Waals surface area contributed by atoms with E-state index < -0.39 is 0 Å². The quantitative estimate of drug-likeness (QED) is 0.236. The van der Waals surface area contributed by atoms with Gasteiger partial charge in [-0.15, -0.1) is 11.3 Å². The number of nitrogens with zero attached hydrogens (tertiary/aromatic N) is 4. The van der Waals surface area contributed by atoms with Crippen LogP contribution in [-0.4, -0.2) is 74.5 Å². The van der Waals surface area contributed by atoms with Crippen LogP contribution in [0.15, 0.2) is 42.6 Å². The Balaban J connectivity index is 1.34. The Hall–Kier alpha value is -2.94. The molecule has 0 aliphatic carbocycles. The number of fused-ring (bicyclic) bond motifs is 1. The smallest absolute Gasteiger partial charge is 0.139 e. The topological polar surface area (TPSA) is 82.9 Å². The average Bonchev–Trinajstić information content (AvgIpc) is 3.41. The molecule has 4 heterocycles. The summed E-state index contributed by atoms with van der Waals surface area (Å²) in [4.78, 5) is 12.2. The van der Waals surface area contributed by atoms with Crippen molar-refractivity contribution in [3.8, 4) is 22.3 Å². The molecule has 2 aliphatic heterocycles. The average molecular weight is 625 g/mol. The van der Waals surface area contributed by atoms with Crippen molar-refractivity contribution in [3.63, 3.8) is 0 Å². The fourth-order valence-corrected chi connectivity index (χ4v) is 7.04. The van der Waals surface area contributed by atoms with Gasteiger partial charge in [0.25, 0.3) is 0 Å². The zero-order valence-corrected chi connectivity index (χ0v) is 25.6. The number of morpholine rings is 2. The highest BCUT2D eigenvalue weighted by molar-refractivity contribution is 7.15. The lowest BCUT2D eigenvalue weighted by atomic mass is 10.1. The molecule has 2 aliphatic rings. The van der Waals surface area contributed by atoms with Crippen LogP contribution in [0.2, 0.25) is 10.0 Å². The van der Waals surface area contributed by atoms with Crippen LogP contribution in [0.5, 0.6) is 5.75 Å². The lowest BCUT2D eigenvalue weighted by Gasteiger charge is -2.28. The number of methoxy groups -OCH3 is 1. The van der Waals surface area contributed by atoms with Crippen molar-refractivity contribution in [3.05, 3.63) is 68.6 Å². The van der Waals surface area contributed by atoms with Gasteiger partial charge in [-0.3, -0.25) is 14.8 Å². The summed E-state index contributed by atoms with van der Waals surface area (Å²) in [6, 6.07) is 14.1. The summed E-state index contributed by atoms with van der Waals surface area (Å²) in [5.41, 5.74) is 4.88. The molecule has 8 nitrogen and oxygen atoms in total. The monoisotopic (exact) mass is 623 g/mol. The summed E-state index contributed by atoms with van der Waals surface area (Å²) in [6.45, 7) is 8.74. The van der Waals surface area contributed by atoms with Crippen LogP contribution in [0, 0.1) is 11.3 Å². The van der Waals surface area contributed by atoms with Crippen molar-refractivity contribution in [2.24, 2.45) is 0 Å². The number of benzene rings is 2. The third-order valence-electron chi connectivity index (χ3n) is 7.64. The summed E-state index contributed by atoms with van der Waals surface area (Å²) in [5.74, 6) is 0.487. The van der Waals surface area contributed by atoms with Crippen LogP contribution in [0.3, 0.4) is 0 Å². The van der Waals surface area contributed by atoms with Crippen LogP contribution in [0.4, 0.5) is 11.4 Å². The van der Waals surface area contributed by atoms with E-state index in [9.17, 15) is 5.26 Å². The van der Waals surface area contributed by atoms with E-state index in [1.165, 1.54) is 15.3 Å². The van der Waals surface area contributed by atoms with Crippen molar-refractivity contribution in [2.45, 2.75) is 13.1 Å². The van der Waals surface area contributed by atoms with Gasteiger partial charge in [0, 0.05) is 66.7 Å². The normalized spacial score (nSPS) is 16.4. The zero-order valence-electron chi connectivity index (χ0n) is 23.3. The molecule has 42 heavy (non-hydrogen) atoms. The van der Waals surface area contributed by atoms with E-state index in [4.69, 9.17) is 37.4 Å². The lowest BCUT2D eigenvalue weighted by Crippen LogP contribution is -2.37. The van der Waals surface area contributed by atoms with Gasteiger partial charge in [0.15, 0.2) is 0 Å². The van der Waals surface area contributed by atoms with Crippen LogP contribution >= 0.6 is 34.5 Å². The second kappa shape index (κ2) is 13.1. The van der Waals surface area contributed by atoms with Crippen LogP contribution < -0.4 is 10.1 Å². The molecule has 2 fully saturated rings. The van der Waals surface area contributed by atoms with Crippen LogP contribution in [0.25, 0.3) is 21.3 Å². The van der Waals surface area contributed by atoms with E-state index in [1.807, 2.05) is 17.4 Å². The van der Waals surface area contributed by atoms with Gasteiger partial charge in [-0.2, -0.15) is 5.26 Å². The number of anilines is 2. The second-order valence-electron chi connectivity index (χ2n) is 10.3. The van der Waals surface area contributed by atoms with Gasteiger partial charge in [-0.25, -0.2) is 0 Å². The Bertz CT molecular complexity index is 1590. The SMILES string of the molecule is COc1cc(Nc2c(C#N)cnc3cc(-c4cc(CN5CCOCC5)c(CN5CCOCC5)s4)ccc23)c(Cl)cc1Cl. The molecule has 0 saturated carbocycles. The first kappa shape index (κ1) is 29.1. The molecule has 1 N–H and O–H groups in total. The van der Waals surface area contributed by atoms with E-state index in [0.29, 0.717) is 32.7 Å². The van der Waals surface area contributed by atoms with Crippen LogP contribution in [0.1, 0.15) is 16.0 Å². The number of rotatable bonds is 8. The molecule has 0 spiro atoms. The molecule has 0 unspecified atom stereocenters. The molecule has 0 atom stereocenters. The van der Waals surface area contributed by atoms with Gasteiger partial charge in [-0.05, 0) is 29.3 Å². The van der Waals surface area contributed by atoms with Gasteiger partial charge in [0.05, 0.1) is 66.0 Å². The van der Waals surface area contributed by atoms with Crippen LogP contribution in [-0.2, 0) is 22.6 Å². The van der Waals surface area contributed by atoms with Gasteiger partial charge in [0.1, 0.15) is 11.8 Å². The highest BCUT2D eigenvalue weighted by Gasteiger charge is 2.20. The van der Waals surface area contributed by atoms with E-state index in [0.717, 1.165) is 82.2 Å². The van der Waals surface area contributed by atoms with Gasteiger partial charge in [-0.1, -0.05) is 35.3 Å². The van der Waals surface area contributed by atoms with E-state index >= 15 is 0 Å². The third kappa shape index (κ3) is 6.36. The molecule has 0 radical (unpaired) electrons. The van der Waals surface area contributed by atoms with Crippen molar-refractivity contribution in [1.82, 2.24) is 14.8 Å². The van der Waals surface area contributed by atoms with E-state index in [2.05, 4.69) is 44.4 Å². The number of hydrogen-bond acceptors (Lipinski definition) is 9. The number of nitriles is 1.